The van der Waals surface area contributed by atoms with Gasteiger partial charge in [0.25, 0.3) is 0 Å². The highest BCUT2D eigenvalue weighted by molar-refractivity contribution is 5.83. The normalized spacial score (nSPS) is 11.3. The molecule has 0 bridgehead atoms. The summed E-state index contributed by atoms with van der Waals surface area (Å²) in [7, 11) is 2.10. The molecule has 5 aromatic rings. The van der Waals surface area contributed by atoms with E-state index in [2.05, 4.69) is 114 Å². The fourth-order valence-corrected chi connectivity index (χ4v) is 4.22. The smallest absolute Gasteiger partial charge is 0.475 e. The fourth-order valence-electron chi connectivity index (χ4n) is 4.22. The number of H-pyrrole nitrogens is 1. The number of carboxylic acids is 1. The van der Waals surface area contributed by atoms with Crippen molar-refractivity contribution in [2.45, 2.75) is 26.1 Å². The lowest BCUT2D eigenvalue weighted by atomic mass is 10.0. The number of nitrogens with one attached hydrogen (secondary N) is 2. The number of carboxylic acid groups (broad SMARTS) is 1. The summed E-state index contributed by atoms with van der Waals surface area (Å²) in [6.45, 7) is 3.92. The molecule has 0 amide bonds. The van der Waals surface area contributed by atoms with Crippen molar-refractivity contribution in [3.8, 4) is 22.5 Å². The number of fused-ring (bicyclic) bond motifs is 1. The van der Waals surface area contributed by atoms with Crippen LogP contribution in [0.25, 0.3) is 33.5 Å². The van der Waals surface area contributed by atoms with E-state index in [1.807, 2.05) is 0 Å². The molecule has 2 heterocycles. The zero-order chi connectivity index (χ0) is 28.0. The van der Waals surface area contributed by atoms with E-state index in [0.717, 1.165) is 41.9 Å². The Bertz CT molecular complexity index is 1570. The number of aliphatic carboxylic acids is 1. The van der Waals surface area contributed by atoms with Crippen LogP contribution < -0.4 is 5.32 Å². The quantitative estimate of drug-likeness (QED) is 0.208. The maximum atomic E-state index is 10.6. The van der Waals surface area contributed by atoms with Crippen LogP contribution in [0.15, 0.2) is 85.1 Å². The lowest BCUT2D eigenvalue weighted by Gasteiger charge is -2.09. The van der Waals surface area contributed by atoms with Gasteiger partial charge in [-0.15, -0.1) is 0 Å². The molecule has 5 rings (SSSR count). The number of nitrogens with zero attached hydrogens (tertiary/aromatic N) is 2. The predicted octanol–water partition coefficient (Wildman–Crippen LogP) is 6.51. The largest absolute Gasteiger partial charge is 0.490 e. The molecule has 202 valence electrons. The van der Waals surface area contributed by atoms with E-state index in [4.69, 9.17) is 14.9 Å². The zero-order valence-corrected chi connectivity index (χ0v) is 21.6. The topological polar surface area (TPSA) is 82.9 Å². The van der Waals surface area contributed by atoms with Crippen LogP contribution in [0.5, 0.6) is 0 Å². The number of hydrogen-bond acceptors (Lipinski definition) is 3. The van der Waals surface area contributed by atoms with E-state index >= 15 is 0 Å². The second-order valence-corrected chi connectivity index (χ2v) is 9.18. The second kappa shape index (κ2) is 12.0. The lowest BCUT2D eigenvalue weighted by molar-refractivity contribution is -0.192. The number of imidazole rings is 1. The number of carbonyl (C=O) groups is 1. The highest BCUT2D eigenvalue weighted by Gasteiger charge is 2.38. The minimum Gasteiger partial charge on any atom is -0.475 e. The van der Waals surface area contributed by atoms with Gasteiger partial charge in [0.05, 0.1) is 11.0 Å². The highest BCUT2D eigenvalue weighted by Crippen LogP contribution is 2.27. The standard InChI is InChI=1S/C28H28N4.C2HF3O2/c1-20-7-3-13-26-27(20)31-28(30-26)24-11-5-10-23(18-24)22-9-4-8-21(17-22)19-29-15-14-25-12-6-16-32(25)2;3-2(4,5)1(6)7/h3-13,16-18,29H,14-15,19H2,1-2H3,(H,30,31);(H,6,7). The molecule has 6 nitrogen and oxygen atoms in total. The first-order valence-electron chi connectivity index (χ1n) is 12.4. The van der Waals surface area contributed by atoms with Gasteiger partial charge in [-0.3, -0.25) is 0 Å². The zero-order valence-electron chi connectivity index (χ0n) is 21.6. The van der Waals surface area contributed by atoms with Crippen LogP contribution in [0.2, 0.25) is 0 Å². The Morgan fingerprint density at radius 3 is 2.31 bits per heavy atom. The summed E-state index contributed by atoms with van der Waals surface area (Å²) in [5.74, 6) is -1.85. The summed E-state index contributed by atoms with van der Waals surface area (Å²) in [6.07, 6.45) is -1.96. The average Bonchev–Trinajstić information content (AvgIpc) is 3.54. The summed E-state index contributed by atoms with van der Waals surface area (Å²) >= 11 is 0. The van der Waals surface area contributed by atoms with Crippen molar-refractivity contribution in [2.24, 2.45) is 7.05 Å². The number of halogens is 3. The lowest BCUT2D eigenvalue weighted by Crippen LogP contribution is -2.21. The van der Waals surface area contributed by atoms with Crippen molar-refractivity contribution in [1.82, 2.24) is 19.9 Å². The number of para-hydroxylation sites is 1. The van der Waals surface area contributed by atoms with E-state index in [0.29, 0.717) is 0 Å². The molecule has 3 N–H and O–H groups in total. The van der Waals surface area contributed by atoms with Gasteiger partial charge in [-0.05, 0) is 59.5 Å². The molecule has 3 aromatic carbocycles. The maximum Gasteiger partial charge on any atom is 0.490 e. The minimum absolute atomic E-state index is 0.862. The van der Waals surface area contributed by atoms with Gasteiger partial charge in [-0.1, -0.05) is 48.5 Å². The van der Waals surface area contributed by atoms with Crippen LogP contribution in [-0.4, -0.2) is 38.3 Å². The van der Waals surface area contributed by atoms with E-state index in [-0.39, 0.29) is 0 Å². The Kier molecular flexibility index (Phi) is 8.51. The monoisotopic (exact) mass is 534 g/mol. The third kappa shape index (κ3) is 7.14. The van der Waals surface area contributed by atoms with Crippen molar-refractivity contribution >= 4 is 17.0 Å². The first kappa shape index (κ1) is 27.7. The van der Waals surface area contributed by atoms with Crippen molar-refractivity contribution < 1.29 is 23.1 Å². The molecule has 0 unspecified atom stereocenters. The molecule has 0 radical (unpaired) electrons. The molecule has 0 aliphatic rings. The molecule has 0 saturated carbocycles. The third-order valence-electron chi connectivity index (χ3n) is 6.29. The number of alkyl halides is 3. The number of benzene rings is 3. The van der Waals surface area contributed by atoms with Gasteiger partial charge in [0.1, 0.15) is 5.82 Å². The summed E-state index contributed by atoms with van der Waals surface area (Å²) in [4.78, 5) is 17.2. The number of rotatable bonds is 7. The van der Waals surface area contributed by atoms with Crippen molar-refractivity contribution in [1.29, 1.82) is 0 Å². The van der Waals surface area contributed by atoms with E-state index in [1.54, 1.807) is 0 Å². The van der Waals surface area contributed by atoms with E-state index < -0.39 is 12.1 Å². The van der Waals surface area contributed by atoms with Crippen LogP contribution in [0.3, 0.4) is 0 Å². The molecule has 9 heteroatoms. The molecule has 0 aliphatic carbocycles. The summed E-state index contributed by atoms with van der Waals surface area (Å²) in [6, 6.07) is 27.9. The van der Waals surface area contributed by atoms with Crippen LogP contribution in [-0.2, 0) is 24.8 Å². The van der Waals surface area contributed by atoms with Crippen LogP contribution in [0.1, 0.15) is 16.8 Å². The Hall–Kier alpha value is -4.37. The molecule has 0 saturated heterocycles. The van der Waals surface area contributed by atoms with Gasteiger partial charge >= 0.3 is 12.1 Å². The van der Waals surface area contributed by atoms with Crippen molar-refractivity contribution in [3.63, 3.8) is 0 Å². The second-order valence-electron chi connectivity index (χ2n) is 9.18. The Morgan fingerprint density at radius 2 is 1.64 bits per heavy atom. The van der Waals surface area contributed by atoms with E-state index in [1.165, 1.54) is 27.9 Å². The molecular formula is C30H29F3N4O2. The molecule has 0 atom stereocenters. The minimum atomic E-state index is -5.08. The van der Waals surface area contributed by atoms with Gasteiger partial charge in [0, 0.05) is 44.0 Å². The van der Waals surface area contributed by atoms with Gasteiger partial charge < -0.3 is 20.0 Å². The molecule has 39 heavy (non-hydrogen) atoms. The Labute approximate surface area is 224 Å². The molecule has 0 spiro atoms. The summed E-state index contributed by atoms with van der Waals surface area (Å²) in [5.41, 5.74) is 9.47. The van der Waals surface area contributed by atoms with Gasteiger partial charge in [0.2, 0.25) is 0 Å². The molecular weight excluding hydrogens is 505 g/mol. The SMILES string of the molecule is Cc1cccc2[nH]c(-c3cccc(-c4cccc(CNCCc5cccn5C)c4)c3)nc12.O=C(O)C(F)(F)F. The van der Waals surface area contributed by atoms with Crippen molar-refractivity contribution in [3.05, 3.63) is 102 Å². The predicted molar refractivity (Wildman–Crippen MR) is 146 cm³/mol. The van der Waals surface area contributed by atoms with Gasteiger partial charge in [0.15, 0.2) is 0 Å². The van der Waals surface area contributed by atoms with Gasteiger partial charge in [-0.25, -0.2) is 9.78 Å². The first-order chi connectivity index (χ1) is 18.6. The molecule has 0 fully saturated rings. The van der Waals surface area contributed by atoms with Gasteiger partial charge in [-0.2, -0.15) is 13.2 Å². The Balaban J connectivity index is 0.000000448. The van der Waals surface area contributed by atoms with Crippen LogP contribution in [0, 0.1) is 6.92 Å². The summed E-state index contributed by atoms with van der Waals surface area (Å²) in [5, 5.41) is 10.7. The average molecular weight is 535 g/mol. The van der Waals surface area contributed by atoms with Crippen LogP contribution in [0.4, 0.5) is 13.2 Å². The van der Waals surface area contributed by atoms with Crippen molar-refractivity contribution in [2.75, 3.05) is 6.54 Å². The maximum absolute atomic E-state index is 10.6. The summed E-state index contributed by atoms with van der Waals surface area (Å²) < 4.78 is 33.9. The number of hydrogen-bond donors (Lipinski definition) is 3. The molecule has 0 aliphatic heterocycles. The number of aromatic amines is 1. The highest BCUT2D eigenvalue weighted by atomic mass is 19.4. The molecule has 2 aromatic heterocycles. The number of aryl methyl sites for hydroxylation is 2. The third-order valence-corrected chi connectivity index (χ3v) is 6.29. The van der Waals surface area contributed by atoms with Crippen LogP contribution >= 0.6 is 0 Å². The first-order valence-corrected chi connectivity index (χ1v) is 12.4. The fraction of sp³-hybridized carbons (Fsp3) is 0.200. The van der Waals surface area contributed by atoms with E-state index in [9.17, 15) is 13.2 Å². The number of aromatic nitrogens is 3. The Morgan fingerprint density at radius 1 is 0.974 bits per heavy atom.